The Hall–Kier alpha value is -2.95. The normalized spacial score (nSPS) is 13.5. The monoisotopic (exact) mass is 1050 g/mol. The molecule has 0 saturated heterocycles. The third-order valence-corrected chi connectivity index (χ3v) is 14.8. The molecule has 0 saturated carbocycles. The minimum atomic E-state index is -0.848. The van der Waals surface area contributed by atoms with Crippen LogP contribution in [0, 0.1) is 0 Å². The van der Waals surface area contributed by atoms with Gasteiger partial charge in [-0.3, -0.25) is 4.79 Å². The molecule has 0 aliphatic carbocycles. The molecule has 2 unspecified atom stereocenters. The van der Waals surface area contributed by atoms with Gasteiger partial charge in [0, 0.05) is 6.42 Å². The lowest BCUT2D eigenvalue weighted by molar-refractivity contribution is -0.123. The van der Waals surface area contributed by atoms with Gasteiger partial charge in [-0.2, -0.15) is 0 Å². The minimum Gasteiger partial charge on any atom is -0.394 e. The molecule has 0 radical (unpaired) electrons. The van der Waals surface area contributed by atoms with Crippen molar-refractivity contribution in [2.75, 3.05) is 6.61 Å². The molecule has 0 aromatic heterocycles. The molecule has 0 bridgehead atoms. The summed E-state index contributed by atoms with van der Waals surface area (Å²) in [6.45, 7) is 4.22. The zero-order valence-electron chi connectivity index (χ0n) is 50.5. The van der Waals surface area contributed by atoms with E-state index in [4.69, 9.17) is 0 Å². The third-order valence-electron chi connectivity index (χ3n) is 14.8. The molecule has 0 aromatic rings. The summed E-state index contributed by atoms with van der Waals surface area (Å²) in [5, 5.41) is 23.3. The number of unbranched alkanes of at least 4 members (excludes halogenated alkanes) is 37. The van der Waals surface area contributed by atoms with Gasteiger partial charge in [-0.1, -0.05) is 342 Å². The maximum absolute atomic E-state index is 12.5. The maximum Gasteiger partial charge on any atom is 0.220 e. The molecule has 1 amide bonds. The molecule has 0 spiro atoms. The maximum atomic E-state index is 12.5. The highest BCUT2D eigenvalue weighted by Crippen LogP contribution is 2.17. The topological polar surface area (TPSA) is 69.6 Å². The quantitative estimate of drug-likeness (QED) is 0.0420. The summed E-state index contributed by atoms with van der Waals surface area (Å²) in [6, 6.07) is -0.631. The Morgan fingerprint density at radius 1 is 0.329 bits per heavy atom. The summed E-state index contributed by atoms with van der Waals surface area (Å²) in [6.07, 6.45) is 100. The van der Waals surface area contributed by atoms with Gasteiger partial charge in [-0.05, 0) is 83.5 Å². The molecule has 3 N–H and O–H groups in total. The van der Waals surface area contributed by atoms with Crippen LogP contribution in [0.3, 0.4) is 0 Å². The Balaban J connectivity index is 3.53. The highest BCUT2D eigenvalue weighted by Gasteiger charge is 2.18. The van der Waals surface area contributed by atoms with Crippen molar-refractivity contribution >= 4 is 5.91 Å². The van der Waals surface area contributed by atoms with Gasteiger partial charge in [0.05, 0.1) is 18.8 Å². The van der Waals surface area contributed by atoms with Crippen LogP contribution < -0.4 is 5.32 Å². The molecule has 4 heteroatoms. The van der Waals surface area contributed by atoms with E-state index in [-0.39, 0.29) is 12.5 Å². The smallest absolute Gasteiger partial charge is 0.220 e. The number of aliphatic hydroxyl groups excluding tert-OH is 2. The first-order chi connectivity index (χ1) is 37.7. The Morgan fingerprint density at radius 2 is 0.579 bits per heavy atom. The fourth-order valence-electron chi connectivity index (χ4n) is 9.79. The standard InChI is InChI=1S/C72H127NO3/c1-3-5-7-9-11-13-15-17-19-21-23-25-27-29-31-32-33-34-35-36-37-38-39-40-42-44-46-48-50-52-54-56-58-60-62-64-66-68-72(76)73-70(69-74)71(75)67-65-63-61-59-57-55-53-51-49-47-45-43-41-30-28-26-24-22-20-18-16-14-12-10-8-6-4-2/h5,7,11,13,17,19,23,25,29,31,33-34,36-37,39-40,65,67,70-71,74-75H,3-4,6,8-10,12,14-16,18,20-22,24,26-28,30,32,35,38,41-64,66,68-69H2,1-2H3,(H,73,76)/b7-5-,13-11-,19-17-,25-23-,31-29-,34-33-,37-36-,40-39-,67-65+. The van der Waals surface area contributed by atoms with Crippen LogP contribution in [0.1, 0.15) is 322 Å². The molecule has 438 valence electrons. The summed E-state index contributed by atoms with van der Waals surface area (Å²) in [5.41, 5.74) is 0. The van der Waals surface area contributed by atoms with Gasteiger partial charge in [0.25, 0.3) is 0 Å². The van der Waals surface area contributed by atoms with E-state index in [1.165, 1.54) is 225 Å². The van der Waals surface area contributed by atoms with Gasteiger partial charge in [0.2, 0.25) is 5.91 Å². The van der Waals surface area contributed by atoms with Crippen LogP contribution in [0.5, 0.6) is 0 Å². The van der Waals surface area contributed by atoms with Crippen molar-refractivity contribution in [1.29, 1.82) is 0 Å². The number of hydrogen-bond donors (Lipinski definition) is 3. The lowest BCUT2D eigenvalue weighted by atomic mass is 10.0. The Bertz CT molecular complexity index is 1430. The Morgan fingerprint density at radius 3 is 0.868 bits per heavy atom. The second kappa shape index (κ2) is 66.3. The molecular weight excluding hydrogens is 927 g/mol. The Kier molecular flexibility index (Phi) is 63.8. The first-order valence-electron chi connectivity index (χ1n) is 33.1. The van der Waals surface area contributed by atoms with E-state index in [9.17, 15) is 15.0 Å². The van der Waals surface area contributed by atoms with Crippen molar-refractivity contribution < 1.29 is 15.0 Å². The van der Waals surface area contributed by atoms with Crippen molar-refractivity contribution in [3.63, 3.8) is 0 Å². The number of allylic oxidation sites excluding steroid dienone is 17. The highest BCUT2D eigenvalue weighted by atomic mass is 16.3. The second-order valence-electron chi connectivity index (χ2n) is 22.2. The number of nitrogens with one attached hydrogen (secondary N) is 1. The second-order valence-corrected chi connectivity index (χ2v) is 22.2. The van der Waals surface area contributed by atoms with E-state index in [2.05, 4.69) is 116 Å². The van der Waals surface area contributed by atoms with Crippen LogP contribution in [0.15, 0.2) is 109 Å². The summed E-state index contributed by atoms with van der Waals surface area (Å²) < 4.78 is 0. The van der Waals surface area contributed by atoms with E-state index in [0.29, 0.717) is 6.42 Å². The van der Waals surface area contributed by atoms with E-state index in [0.717, 1.165) is 77.0 Å². The first-order valence-corrected chi connectivity index (χ1v) is 33.1. The zero-order chi connectivity index (χ0) is 54.8. The SMILES string of the molecule is CC/C=C\C/C=C\C/C=C\C/C=C\C/C=C\C/C=C\C/C=C\C/C=C\CCCCCCCCCCCCCCC(=O)NC(CO)C(O)/C=C/CCCCCCCCCCCCCCCCCCCCCCCCCCC. The number of hydrogen-bond acceptors (Lipinski definition) is 3. The predicted octanol–water partition coefficient (Wildman–Crippen LogP) is 22.6. The molecular formula is C72H127NO3. The number of aliphatic hydroxyl groups is 2. The number of amides is 1. The Labute approximate surface area is 474 Å². The molecule has 4 nitrogen and oxygen atoms in total. The molecule has 76 heavy (non-hydrogen) atoms. The molecule has 0 rings (SSSR count). The van der Waals surface area contributed by atoms with Crippen molar-refractivity contribution in [2.24, 2.45) is 0 Å². The molecule has 0 fully saturated rings. The number of carbonyl (C=O) groups excluding carboxylic acids is 1. The largest absolute Gasteiger partial charge is 0.394 e. The van der Waals surface area contributed by atoms with E-state index in [1.54, 1.807) is 6.08 Å². The molecule has 0 aliphatic heterocycles. The number of rotatable bonds is 60. The average molecular weight is 1050 g/mol. The fourth-order valence-corrected chi connectivity index (χ4v) is 9.79. The van der Waals surface area contributed by atoms with Crippen LogP contribution in [-0.2, 0) is 4.79 Å². The lowest BCUT2D eigenvalue weighted by Crippen LogP contribution is -2.45. The number of carbonyl (C=O) groups is 1. The van der Waals surface area contributed by atoms with E-state index >= 15 is 0 Å². The molecule has 0 heterocycles. The summed E-state index contributed by atoms with van der Waals surface area (Å²) in [4.78, 5) is 12.5. The van der Waals surface area contributed by atoms with Crippen LogP contribution in [0.25, 0.3) is 0 Å². The lowest BCUT2D eigenvalue weighted by Gasteiger charge is -2.20. The third kappa shape index (κ3) is 61.9. The fraction of sp³-hybridized carbons (Fsp3) is 0.736. The van der Waals surface area contributed by atoms with Gasteiger partial charge < -0.3 is 15.5 Å². The van der Waals surface area contributed by atoms with Gasteiger partial charge in [0.1, 0.15) is 0 Å². The van der Waals surface area contributed by atoms with Crippen LogP contribution in [0.2, 0.25) is 0 Å². The summed E-state index contributed by atoms with van der Waals surface area (Å²) in [5.74, 6) is -0.0664. The molecule has 2 atom stereocenters. The molecule has 0 aromatic carbocycles. The van der Waals surface area contributed by atoms with Gasteiger partial charge in [0.15, 0.2) is 0 Å². The van der Waals surface area contributed by atoms with Crippen molar-refractivity contribution in [3.05, 3.63) is 109 Å². The zero-order valence-corrected chi connectivity index (χ0v) is 50.5. The van der Waals surface area contributed by atoms with E-state index < -0.39 is 12.1 Å². The highest BCUT2D eigenvalue weighted by molar-refractivity contribution is 5.76. The van der Waals surface area contributed by atoms with Crippen molar-refractivity contribution in [1.82, 2.24) is 5.32 Å². The van der Waals surface area contributed by atoms with Crippen LogP contribution >= 0.6 is 0 Å². The van der Waals surface area contributed by atoms with Crippen molar-refractivity contribution in [2.45, 2.75) is 334 Å². The predicted molar refractivity (Wildman–Crippen MR) is 340 cm³/mol. The van der Waals surface area contributed by atoms with Gasteiger partial charge in [-0.15, -0.1) is 0 Å². The van der Waals surface area contributed by atoms with Crippen LogP contribution in [0.4, 0.5) is 0 Å². The summed E-state index contributed by atoms with van der Waals surface area (Å²) in [7, 11) is 0. The van der Waals surface area contributed by atoms with E-state index in [1.807, 2.05) is 6.08 Å². The first kappa shape index (κ1) is 73.0. The van der Waals surface area contributed by atoms with Gasteiger partial charge >= 0.3 is 0 Å². The summed E-state index contributed by atoms with van der Waals surface area (Å²) >= 11 is 0. The van der Waals surface area contributed by atoms with Gasteiger partial charge in [-0.25, -0.2) is 0 Å². The van der Waals surface area contributed by atoms with Crippen molar-refractivity contribution in [3.8, 4) is 0 Å². The minimum absolute atomic E-state index is 0.0664. The average Bonchev–Trinajstić information content (AvgIpc) is 3.42. The molecule has 0 aliphatic rings. The van der Waals surface area contributed by atoms with Crippen LogP contribution in [-0.4, -0.2) is 34.9 Å².